The van der Waals surface area contributed by atoms with Crippen LogP contribution in [0.25, 0.3) is 111 Å². The van der Waals surface area contributed by atoms with E-state index in [1.807, 2.05) is 12.1 Å². The first-order valence-corrected chi connectivity index (χ1v) is 19.4. The van der Waals surface area contributed by atoms with Gasteiger partial charge < -0.3 is 13.6 Å². The van der Waals surface area contributed by atoms with E-state index in [-0.39, 0.29) is 0 Å². The number of furan rings is 1. The third-order valence-corrected chi connectivity index (χ3v) is 11.5. The number of para-hydroxylation sites is 4. The topological polar surface area (TPSA) is 35.9 Å². The van der Waals surface area contributed by atoms with Crippen LogP contribution in [0.15, 0.2) is 205 Å². The number of hydrogen-bond acceptors (Lipinski definition) is 2. The largest absolute Gasteiger partial charge is 0.455 e. The van der Waals surface area contributed by atoms with Gasteiger partial charge in [0.15, 0.2) is 0 Å². The van der Waals surface area contributed by atoms with E-state index in [2.05, 4.69) is 197 Å². The lowest BCUT2D eigenvalue weighted by atomic mass is 10.0. The number of hydrogen-bond donors (Lipinski definition) is 0. The predicted octanol–water partition coefficient (Wildman–Crippen LogP) is 14.2. The highest BCUT2D eigenvalue weighted by Crippen LogP contribution is 2.43. The predicted molar refractivity (Wildman–Crippen MR) is 237 cm³/mol. The van der Waals surface area contributed by atoms with Crippen molar-refractivity contribution in [1.82, 2.24) is 14.1 Å². The van der Waals surface area contributed by atoms with Crippen molar-refractivity contribution in [2.24, 2.45) is 0 Å². The quantitative estimate of drug-likeness (QED) is 0.177. The number of fused-ring (bicyclic) bond motifs is 10. The van der Waals surface area contributed by atoms with Crippen molar-refractivity contribution in [3.63, 3.8) is 0 Å². The number of benzene rings is 8. The summed E-state index contributed by atoms with van der Waals surface area (Å²) in [5, 5.41) is 7.10. The first kappa shape index (κ1) is 31.6. The van der Waals surface area contributed by atoms with E-state index in [0.29, 0.717) is 0 Å². The Bertz CT molecular complexity index is 3460. The van der Waals surface area contributed by atoms with Gasteiger partial charge in [0, 0.05) is 54.7 Å². The maximum absolute atomic E-state index is 6.50. The van der Waals surface area contributed by atoms with Crippen LogP contribution in [-0.4, -0.2) is 14.1 Å². The third kappa shape index (κ3) is 4.84. The van der Waals surface area contributed by atoms with E-state index in [9.17, 15) is 0 Å². The lowest BCUT2D eigenvalue weighted by Gasteiger charge is -2.14. The fourth-order valence-corrected chi connectivity index (χ4v) is 9.00. The molecule has 4 heterocycles. The molecule has 266 valence electrons. The summed E-state index contributed by atoms with van der Waals surface area (Å²) in [6.45, 7) is 0. The summed E-state index contributed by atoms with van der Waals surface area (Å²) in [5.74, 6) is 0. The van der Waals surface area contributed by atoms with Crippen molar-refractivity contribution in [2.45, 2.75) is 0 Å². The van der Waals surface area contributed by atoms with Crippen LogP contribution in [0.2, 0.25) is 0 Å². The second kappa shape index (κ2) is 12.4. The van der Waals surface area contributed by atoms with E-state index in [0.717, 1.165) is 83.5 Å². The molecule has 0 atom stereocenters. The molecule has 0 N–H and O–H groups in total. The molecule has 0 spiro atoms. The van der Waals surface area contributed by atoms with Crippen molar-refractivity contribution in [3.05, 3.63) is 200 Å². The maximum atomic E-state index is 6.50. The second-order valence-corrected chi connectivity index (χ2v) is 14.7. The van der Waals surface area contributed by atoms with Gasteiger partial charge in [-0.25, -0.2) is 4.98 Å². The zero-order valence-corrected chi connectivity index (χ0v) is 30.8. The molecule has 0 radical (unpaired) electrons. The summed E-state index contributed by atoms with van der Waals surface area (Å²) >= 11 is 0. The molecule has 0 aliphatic rings. The van der Waals surface area contributed by atoms with Crippen LogP contribution in [0.5, 0.6) is 0 Å². The van der Waals surface area contributed by atoms with Crippen LogP contribution < -0.4 is 0 Å². The molecule has 0 saturated carbocycles. The Morgan fingerprint density at radius 1 is 0.368 bits per heavy atom. The van der Waals surface area contributed by atoms with E-state index in [1.165, 1.54) is 27.1 Å². The lowest BCUT2D eigenvalue weighted by Crippen LogP contribution is -1.99. The lowest BCUT2D eigenvalue weighted by molar-refractivity contribution is 0.670. The number of aromatic nitrogens is 3. The van der Waals surface area contributed by atoms with E-state index in [4.69, 9.17) is 9.40 Å². The minimum atomic E-state index is 0.902. The molecule has 0 aliphatic heterocycles. The summed E-state index contributed by atoms with van der Waals surface area (Å²) in [5.41, 5.74) is 14.8. The minimum Gasteiger partial charge on any atom is -0.455 e. The zero-order chi connectivity index (χ0) is 37.5. The Balaban J connectivity index is 1.15. The highest BCUT2D eigenvalue weighted by atomic mass is 16.3. The van der Waals surface area contributed by atoms with E-state index < -0.39 is 0 Å². The average Bonchev–Trinajstić information content (AvgIpc) is 3.95. The highest BCUT2D eigenvalue weighted by molar-refractivity contribution is 6.26. The van der Waals surface area contributed by atoms with Crippen LogP contribution >= 0.6 is 0 Å². The van der Waals surface area contributed by atoms with Crippen molar-refractivity contribution in [3.8, 4) is 45.0 Å². The Morgan fingerprint density at radius 3 is 1.72 bits per heavy atom. The Hall–Kier alpha value is -7.69. The fourth-order valence-electron chi connectivity index (χ4n) is 9.00. The normalized spacial score (nSPS) is 11.9. The Kier molecular flexibility index (Phi) is 6.89. The van der Waals surface area contributed by atoms with Crippen LogP contribution in [0.4, 0.5) is 0 Å². The van der Waals surface area contributed by atoms with Crippen molar-refractivity contribution >= 4 is 65.6 Å². The summed E-state index contributed by atoms with van der Waals surface area (Å²) in [6.07, 6.45) is 0. The number of rotatable bonds is 5. The summed E-state index contributed by atoms with van der Waals surface area (Å²) in [4.78, 5) is 5.24. The molecule has 0 aliphatic carbocycles. The van der Waals surface area contributed by atoms with Crippen LogP contribution in [0.3, 0.4) is 0 Å². The molecule has 0 amide bonds. The average molecular weight is 728 g/mol. The van der Waals surface area contributed by atoms with E-state index in [1.54, 1.807) is 0 Å². The molecule has 0 saturated heterocycles. The van der Waals surface area contributed by atoms with Crippen LogP contribution in [-0.2, 0) is 0 Å². The molecule has 8 aromatic carbocycles. The summed E-state index contributed by atoms with van der Waals surface area (Å²) < 4.78 is 11.4. The first-order valence-electron chi connectivity index (χ1n) is 19.4. The minimum absolute atomic E-state index is 0.902. The van der Waals surface area contributed by atoms with Gasteiger partial charge >= 0.3 is 0 Å². The van der Waals surface area contributed by atoms with Gasteiger partial charge in [0.05, 0.1) is 39.1 Å². The van der Waals surface area contributed by atoms with Gasteiger partial charge in [-0.2, -0.15) is 0 Å². The Morgan fingerprint density at radius 2 is 0.965 bits per heavy atom. The van der Waals surface area contributed by atoms with Crippen molar-refractivity contribution in [2.75, 3.05) is 0 Å². The second-order valence-electron chi connectivity index (χ2n) is 14.7. The van der Waals surface area contributed by atoms with Gasteiger partial charge in [0.1, 0.15) is 11.2 Å². The molecular formula is C53H33N3O. The molecule has 0 bridgehead atoms. The number of nitrogens with zero attached hydrogens (tertiary/aromatic N) is 3. The SMILES string of the molecule is c1ccc(-c2cc(-n3c4ccccc4c4ccc5c(c6ccccc6n5-c5cccc(-c6cccc7c6oc6ccccc67)c5)c43)cc(-c3ccccc3)n2)cc1. The molecule has 12 rings (SSSR count). The molecule has 57 heavy (non-hydrogen) atoms. The molecular weight excluding hydrogens is 695 g/mol. The standard InChI is InChI=1S/C53H33N3O/c1-3-15-34(16-4-1)45-32-38(33-46(54-45)35-17-5-2-6-18-35)56-47-26-10-7-21-40(47)42-29-30-49-51(52(42)56)44-23-8-11-27-48(44)55(49)37-20-13-19-36(31-37)39-24-14-25-43-41-22-9-12-28-50(41)57-53(39)43/h1-33H. The summed E-state index contributed by atoms with van der Waals surface area (Å²) in [6, 6.07) is 71.3. The molecule has 0 unspecified atom stereocenters. The maximum Gasteiger partial charge on any atom is 0.143 e. The molecule has 0 fully saturated rings. The monoisotopic (exact) mass is 727 g/mol. The molecule has 4 heteroatoms. The van der Waals surface area contributed by atoms with Gasteiger partial charge in [-0.3, -0.25) is 0 Å². The van der Waals surface area contributed by atoms with Crippen molar-refractivity contribution in [1.29, 1.82) is 0 Å². The first-order chi connectivity index (χ1) is 28.3. The fraction of sp³-hybridized carbons (Fsp3) is 0. The van der Waals surface area contributed by atoms with Crippen LogP contribution in [0, 0.1) is 0 Å². The smallest absolute Gasteiger partial charge is 0.143 e. The van der Waals surface area contributed by atoms with Gasteiger partial charge in [-0.1, -0.05) is 152 Å². The number of pyridine rings is 1. The van der Waals surface area contributed by atoms with Crippen LogP contribution in [0.1, 0.15) is 0 Å². The molecule has 4 nitrogen and oxygen atoms in total. The van der Waals surface area contributed by atoms with Gasteiger partial charge in [-0.05, 0) is 54.1 Å². The Labute approximate surface area is 328 Å². The third-order valence-electron chi connectivity index (χ3n) is 11.5. The van der Waals surface area contributed by atoms with Crippen molar-refractivity contribution < 1.29 is 4.42 Å². The van der Waals surface area contributed by atoms with Gasteiger partial charge in [-0.15, -0.1) is 0 Å². The van der Waals surface area contributed by atoms with Gasteiger partial charge in [0.2, 0.25) is 0 Å². The molecule has 12 aromatic rings. The van der Waals surface area contributed by atoms with Gasteiger partial charge in [0.25, 0.3) is 0 Å². The highest BCUT2D eigenvalue weighted by Gasteiger charge is 2.22. The van der Waals surface area contributed by atoms with E-state index >= 15 is 0 Å². The molecule has 4 aromatic heterocycles. The summed E-state index contributed by atoms with van der Waals surface area (Å²) in [7, 11) is 0. The zero-order valence-electron chi connectivity index (χ0n) is 30.8.